The van der Waals surface area contributed by atoms with E-state index in [0.29, 0.717) is 5.88 Å². The Balaban J connectivity index is 1.76. The summed E-state index contributed by atoms with van der Waals surface area (Å²) >= 11 is 9.48. The number of aromatic nitrogens is 2. The molecular formula is C14H16BrClN2O. The highest BCUT2D eigenvalue weighted by Crippen LogP contribution is 2.28. The lowest BCUT2D eigenvalue weighted by Gasteiger charge is -2.08. The van der Waals surface area contributed by atoms with Gasteiger partial charge in [0, 0.05) is 17.6 Å². The number of fused-ring (bicyclic) bond motifs is 1. The zero-order valence-electron chi connectivity index (χ0n) is 10.6. The van der Waals surface area contributed by atoms with E-state index >= 15 is 0 Å². The van der Waals surface area contributed by atoms with Crippen LogP contribution in [0.5, 0.6) is 0 Å². The van der Waals surface area contributed by atoms with Crippen LogP contribution in [0.15, 0.2) is 22.7 Å². The monoisotopic (exact) mass is 342 g/mol. The van der Waals surface area contributed by atoms with Gasteiger partial charge < -0.3 is 9.30 Å². The topological polar surface area (TPSA) is 27.1 Å². The predicted molar refractivity (Wildman–Crippen MR) is 80.5 cm³/mol. The Bertz CT molecular complexity index is 580. The molecule has 5 heteroatoms. The summed E-state index contributed by atoms with van der Waals surface area (Å²) in [7, 11) is 0. The molecule has 0 amide bonds. The Hall–Kier alpha value is -0.580. The SMILES string of the molecule is ClCc1nc2ccc(Br)cc2n1CCOCC1CC1. The van der Waals surface area contributed by atoms with Crippen molar-refractivity contribution in [3.63, 3.8) is 0 Å². The summed E-state index contributed by atoms with van der Waals surface area (Å²) in [5, 5.41) is 0. The molecule has 1 aliphatic carbocycles. The lowest BCUT2D eigenvalue weighted by Crippen LogP contribution is -2.09. The molecule has 0 bridgehead atoms. The number of hydrogen-bond donors (Lipinski definition) is 0. The minimum atomic E-state index is 0.426. The van der Waals surface area contributed by atoms with E-state index in [-0.39, 0.29) is 0 Å². The molecule has 0 saturated heterocycles. The Kier molecular flexibility index (Phi) is 4.10. The van der Waals surface area contributed by atoms with Crippen LogP contribution in [0.25, 0.3) is 11.0 Å². The molecule has 0 spiro atoms. The molecule has 1 heterocycles. The van der Waals surface area contributed by atoms with Gasteiger partial charge in [0.1, 0.15) is 5.82 Å². The van der Waals surface area contributed by atoms with Crippen molar-refractivity contribution in [1.29, 1.82) is 0 Å². The first-order valence-electron chi connectivity index (χ1n) is 6.56. The highest BCUT2D eigenvalue weighted by Gasteiger charge is 2.21. The first-order valence-corrected chi connectivity index (χ1v) is 7.89. The lowest BCUT2D eigenvalue weighted by atomic mass is 10.3. The van der Waals surface area contributed by atoms with Crippen molar-refractivity contribution < 1.29 is 4.74 Å². The molecule has 102 valence electrons. The van der Waals surface area contributed by atoms with Crippen LogP contribution >= 0.6 is 27.5 Å². The highest BCUT2D eigenvalue weighted by atomic mass is 79.9. The molecule has 3 rings (SSSR count). The Morgan fingerprint density at radius 2 is 2.26 bits per heavy atom. The maximum Gasteiger partial charge on any atom is 0.124 e. The normalized spacial score (nSPS) is 15.3. The van der Waals surface area contributed by atoms with E-state index < -0.39 is 0 Å². The van der Waals surface area contributed by atoms with Gasteiger partial charge in [0.2, 0.25) is 0 Å². The van der Waals surface area contributed by atoms with Crippen LogP contribution in [-0.4, -0.2) is 22.8 Å². The third kappa shape index (κ3) is 3.12. The minimum absolute atomic E-state index is 0.426. The van der Waals surface area contributed by atoms with Gasteiger partial charge in [-0.2, -0.15) is 0 Å². The van der Waals surface area contributed by atoms with Crippen molar-refractivity contribution in [2.24, 2.45) is 5.92 Å². The third-order valence-electron chi connectivity index (χ3n) is 3.42. The molecular weight excluding hydrogens is 328 g/mol. The average molecular weight is 344 g/mol. The first-order chi connectivity index (χ1) is 9.28. The smallest absolute Gasteiger partial charge is 0.124 e. The maximum atomic E-state index is 5.98. The van der Waals surface area contributed by atoms with Crippen LogP contribution in [0.4, 0.5) is 0 Å². The Labute approximate surface area is 126 Å². The summed E-state index contributed by atoms with van der Waals surface area (Å²) < 4.78 is 8.92. The van der Waals surface area contributed by atoms with Crippen LogP contribution in [0.2, 0.25) is 0 Å². The van der Waals surface area contributed by atoms with Crippen molar-refractivity contribution >= 4 is 38.6 Å². The molecule has 1 aromatic heterocycles. The largest absolute Gasteiger partial charge is 0.379 e. The molecule has 19 heavy (non-hydrogen) atoms. The second-order valence-electron chi connectivity index (χ2n) is 4.96. The molecule has 1 aromatic carbocycles. The summed E-state index contributed by atoms with van der Waals surface area (Å²) in [6, 6.07) is 6.09. The summed E-state index contributed by atoms with van der Waals surface area (Å²) in [5.74, 6) is 2.14. The highest BCUT2D eigenvalue weighted by molar-refractivity contribution is 9.10. The zero-order valence-corrected chi connectivity index (χ0v) is 13.0. The number of imidazole rings is 1. The molecule has 1 saturated carbocycles. The van der Waals surface area contributed by atoms with Gasteiger partial charge in [-0.25, -0.2) is 4.98 Å². The van der Waals surface area contributed by atoms with E-state index in [0.717, 1.165) is 47.0 Å². The van der Waals surface area contributed by atoms with Crippen LogP contribution in [-0.2, 0) is 17.2 Å². The van der Waals surface area contributed by atoms with Crippen molar-refractivity contribution in [3.05, 3.63) is 28.5 Å². The summed E-state index contributed by atoms with van der Waals surface area (Å²) in [6.07, 6.45) is 2.65. The van der Waals surface area contributed by atoms with Crippen molar-refractivity contribution in [1.82, 2.24) is 9.55 Å². The van der Waals surface area contributed by atoms with E-state index in [1.54, 1.807) is 0 Å². The molecule has 2 aromatic rings. The van der Waals surface area contributed by atoms with E-state index in [1.807, 2.05) is 12.1 Å². The van der Waals surface area contributed by atoms with E-state index in [2.05, 4.69) is 31.5 Å². The fourth-order valence-electron chi connectivity index (χ4n) is 2.19. The predicted octanol–water partition coefficient (Wildman–Crippen LogP) is 3.96. The van der Waals surface area contributed by atoms with Gasteiger partial charge in [0.25, 0.3) is 0 Å². The second kappa shape index (κ2) is 5.81. The molecule has 0 unspecified atom stereocenters. The van der Waals surface area contributed by atoms with Crippen LogP contribution < -0.4 is 0 Å². The van der Waals surface area contributed by atoms with Crippen LogP contribution in [0, 0.1) is 5.92 Å². The van der Waals surface area contributed by atoms with Gasteiger partial charge in [-0.1, -0.05) is 15.9 Å². The fourth-order valence-corrected chi connectivity index (χ4v) is 2.74. The number of ether oxygens (including phenoxy) is 1. The molecule has 0 atom stereocenters. The number of benzene rings is 1. The van der Waals surface area contributed by atoms with Gasteiger partial charge >= 0.3 is 0 Å². The van der Waals surface area contributed by atoms with Crippen molar-refractivity contribution in [2.75, 3.05) is 13.2 Å². The number of hydrogen-bond acceptors (Lipinski definition) is 2. The summed E-state index contributed by atoms with van der Waals surface area (Å²) in [4.78, 5) is 4.55. The zero-order chi connectivity index (χ0) is 13.2. The van der Waals surface area contributed by atoms with Crippen molar-refractivity contribution in [3.8, 4) is 0 Å². The minimum Gasteiger partial charge on any atom is -0.379 e. The maximum absolute atomic E-state index is 5.98. The lowest BCUT2D eigenvalue weighted by molar-refractivity contribution is 0.117. The number of alkyl halides is 1. The van der Waals surface area contributed by atoms with Gasteiger partial charge in [0.05, 0.1) is 23.5 Å². The second-order valence-corrected chi connectivity index (χ2v) is 6.15. The first kappa shape index (κ1) is 13.4. The Morgan fingerprint density at radius 1 is 1.42 bits per heavy atom. The fraction of sp³-hybridized carbons (Fsp3) is 0.500. The average Bonchev–Trinajstić information content (AvgIpc) is 3.17. The van der Waals surface area contributed by atoms with E-state index in [1.165, 1.54) is 12.8 Å². The van der Waals surface area contributed by atoms with Gasteiger partial charge in [0.15, 0.2) is 0 Å². The van der Waals surface area contributed by atoms with Gasteiger partial charge in [-0.3, -0.25) is 0 Å². The van der Waals surface area contributed by atoms with Gasteiger partial charge in [-0.15, -0.1) is 11.6 Å². The van der Waals surface area contributed by atoms with E-state index in [9.17, 15) is 0 Å². The molecule has 0 radical (unpaired) electrons. The summed E-state index contributed by atoms with van der Waals surface area (Å²) in [6.45, 7) is 2.42. The molecule has 0 N–H and O–H groups in total. The molecule has 0 aliphatic heterocycles. The van der Waals surface area contributed by atoms with Gasteiger partial charge in [-0.05, 0) is 37.0 Å². The third-order valence-corrected chi connectivity index (χ3v) is 4.15. The molecule has 1 fully saturated rings. The number of rotatable bonds is 6. The van der Waals surface area contributed by atoms with Crippen LogP contribution in [0.3, 0.4) is 0 Å². The van der Waals surface area contributed by atoms with E-state index in [4.69, 9.17) is 16.3 Å². The van der Waals surface area contributed by atoms with Crippen molar-refractivity contribution in [2.45, 2.75) is 25.3 Å². The standard InChI is InChI=1S/C14H16BrClN2O/c15-11-3-4-12-13(7-11)18(14(8-16)17-12)5-6-19-9-10-1-2-10/h3-4,7,10H,1-2,5-6,8-9H2. The van der Waals surface area contributed by atoms with Crippen LogP contribution in [0.1, 0.15) is 18.7 Å². The molecule has 1 aliphatic rings. The number of halogens is 2. The quantitative estimate of drug-likeness (QED) is 0.586. The molecule has 3 nitrogen and oxygen atoms in total. The Morgan fingerprint density at radius 3 is 3.00 bits per heavy atom. The number of nitrogens with zero attached hydrogens (tertiary/aromatic N) is 2. The summed E-state index contributed by atoms with van der Waals surface area (Å²) in [5.41, 5.74) is 2.10.